The number of hydrogen-bond donors (Lipinski definition) is 2. The number of aliphatic hydroxyl groups excluding tert-OH is 2. The zero-order chi connectivity index (χ0) is 11.3. The molecule has 0 aliphatic carbocycles. The van der Waals surface area contributed by atoms with Crippen LogP contribution >= 0.6 is 23.2 Å². The molecule has 14 heavy (non-hydrogen) atoms. The summed E-state index contributed by atoms with van der Waals surface area (Å²) in [6.45, 7) is 5.15. The molecule has 0 rings (SSSR count). The molecule has 0 radical (unpaired) electrons. The van der Waals surface area contributed by atoms with Crippen molar-refractivity contribution < 1.29 is 10.2 Å². The largest absolute Gasteiger partial charge is 0.390 e. The van der Waals surface area contributed by atoms with Crippen LogP contribution in [0.15, 0.2) is 21.7 Å². The van der Waals surface area contributed by atoms with Crippen LogP contribution < -0.4 is 0 Å². The summed E-state index contributed by atoms with van der Waals surface area (Å²) in [7, 11) is 0. The first-order valence-electron chi connectivity index (χ1n) is 4.50. The highest BCUT2D eigenvalue weighted by Gasteiger charge is 2.22. The van der Waals surface area contributed by atoms with Crippen LogP contribution in [-0.4, -0.2) is 22.4 Å². The van der Waals surface area contributed by atoms with Crippen molar-refractivity contribution >= 4 is 23.2 Å². The molecule has 0 aromatic rings. The zero-order valence-electron chi connectivity index (χ0n) is 8.59. The van der Waals surface area contributed by atoms with E-state index in [1.165, 1.54) is 0 Å². The van der Waals surface area contributed by atoms with Gasteiger partial charge in [0, 0.05) is 15.6 Å². The zero-order valence-corrected chi connectivity index (χ0v) is 10.1. The van der Waals surface area contributed by atoms with E-state index in [4.69, 9.17) is 23.2 Å². The maximum atomic E-state index is 9.73. The molecule has 0 spiro atoms. The topological polar surface area (TPSA) is 40.5 Å². The monoisotopic (exact) mass is 238 g/mol. The van der Waals surface area contributed by atoms with Crippen molar-refractivity contribution in [1.29, 1.82) is 0 Å². The summed E-state index contributed by atoms with van der Waals surface area (Å²) in [5, 5.41) is 20.0. The molecule has 0 heterocycles. The van der Waals surface area contributed by atoms with Gasteiger partial charge < -0.3 is 10.2 Å². The molecule has 2 unspecified atom stereocenters. The first-order chi connectivity index (χ1) is 6.45. The Morgan fingerprint density at radius 2 is 1.86 bits per heavy atom. The van der Waals surface area contributed by atoms with E-state index in [2.05, 4.69) is 0 Å². The third-order valence-corrected chi connectivity index (χ3v) is 2.59. The minimum absolute atomic E-state index is 0.373. The van der Waals surface area contributed by atoms with E-state index in [-0.39, 0.29) is 0 Å². The summed E-state index contributed by atoms with van der Waals surface area (Å²) in [5.74, 6) is 0. The molecule has 0 aromatic carbocycles. The fraction of sp³-hybridized carbons (Fsp3) is 0.600. The van der Waals surface area contributed by atoms with Gasteiger partial charge in [0.1, 0.15) is 6.10 Å². The fourth-order valence-corrected chi connectivity index (χ4v) is 1.60. The van der Waals surface area contributed by atoms with E-state index in [9.17, 15) is 10.2 Å². The van der Waals surface area contributed by atoms with Gasteiger partial charge in [0.2, 0.25) is 0 Å². The van der Waals surface area contributed by atoms with Crippen LogP contribution in [0.4, 0.5) is 0 Å². The summed E-state index contributed by atoms with van der Waals surface area (Å²) in [6, 6.07) is 0. The molecule has 0 amide bonds. The normalized spacial score (nSPS) is 18.9. The molecule has 2 atom stereocenters. The Morgan fingerprint density at radius 1 is 1.36 bits per heavy atom. The second kappa shape index (κ2) is 6.46. The van der Waals surface area contributed by atoms with E-state index in [0.717, 1.165) is 0 Å². The summed E-state index contributed by atoms with van der Waals surface area (Å²) in [6.07, 6.45) is 0.213. The summed E-state index contributed by atoms with van der Waals surface area (Å²) < 4.78 is 0. The first kappa shape index (κ1) is 14.0. The quantitative estimate of drug-likeness (QED) is 0.740. The van der Waals surface area contributed by atoms with Crippen LogP contribution in [0.2, 0.25) is 0 Å². The number of halogens is 2. The third kappa shape index (κ3) is 3.62. The highest BCUT2D eigenvalue weighted by molar-refractivity contribution is 6.35. The summed E-state index contributed by atoms with van der Waals surface area (Å²) >= 11 is 11.7. The van der Waals surface area contributed by atoms with E-state index < -0.39 is 12.2 Å². The van der Waals surface area contributed by atoms with Crippen LogP contribution in [-0.2, 0) is 0 Å². The van der Waals surface area contributed by atoms with E-state index in [1.54, 1.807) is 26.8 Å². The summed E-state index contributed by atoms with van der Waals surface area (Å²) in [5.41, 5.74) is 0.394. The number of aliphatic hydroxyl groups is 2. The number of allylic oxidation sites excluding steroid dienone is 2. The average molecular weight is 239 g/mol. The Bertz CT molecular complexity index is 243. The lowest BCUT2D eigenvalue weighted by Gasteiger charge is -2.20. The third-order valence-electron chi connectivity index (χ3n) is 1.96. The molecule has 0 aromatic heterocycles. The average Bonchev–Trinajstić information content (AvgIpc) is 2.15. The van der Waals surface area contributed by atoms with Gasteiger partial charge in [-0.25, -0.2) is 0 Å². The molecule has 0 fully saturated rings. The molecule has 0 bridgehead atoms. The highest BCUT2D eigenvalue weighted by Crippen LogP contribution is 2.26. The Balaban J connectivity index is 4.97. The molecule has 0 aliphatic heterocycles. The van der Waals surface area contributed by atoms with Crippen LogP contribution in [0.25, 0.3) is 0 Å². The lowest BCUT2D eigenvalue weighted by atomic mass is 10.0. The second-order valence-electron chi connectivity index (χ2n) is 3.00. The Labute approximate surface area is 94.8 Å². The second-order valence-corrected chi connectivity index (χ2v) is 3.98. The lowest BCUT2D eigenvalue weighted by molar-refractivity contribution is 0.0412. The summed E-state index contributed by atoms with van der Waals surface area (Å²) in [4.78, 5) is 0. The molecule has 2 nitrogen and oxygen atoms in total. The minimum atomic E-state index is -1.03. The van der Waals surface area contributed by atoms with Gasteiger partial charge in [-0.1, -0.05) is 36.2 Å². The maximum absolute atomic E-state index is 9.73. The molecule has 4 heteroatoms. The lowest BCUT2D eigenvalue weighted by Crippen LogP contribution is -2.27. The van der Waals surface area contributed by atoms with Crippen molar-refractivity contribution in [2.75, 3.05) is 0 Å². The first-order valence-corrected chi connectivity index (χ1v) is 5.25. The fourth-order valence-electron chi connectivity index (χ4n) is 1.08. The van der Waals surface area contributed by atoms with Gasteiger partial charge in [-0.15, -0.1) is 0 Å². The van der Waals surface area contributed by atoms with Gasteiger partial charge in [-0.05, 0) is 20.3 Å². The van der Waals surface area contributed by atoms with Gasteiger partial charge in [0.05, 0.1) is 6.10 Å². The SMILES string of the molecule is CC=C(Cl)C(=C(C)Cl)C(O)C(O)CC. The predicted molar refractivity (Wildman–Crippen MR) is 60.5 cm³/mol. The standard InChI is InChI=1S/C10H16Cl2O2/c1-4-7(12)9(6(3)11)10(14)8(13)5-2/h4,8,10,13-14H,5H2,1-3H3. The highest BCUT2D eigenvalue weighted by atomic mass is 35.5. The van der Waals surface area contributed by atoms with Crippen molar-refractivity contribution in [2.24, 2.45) is 0 Å². The van der Waals surface area contributed by atoms with Gasteiger partial charge in [-0.3, -0.25) is 0 Å². The molecule has 0 saturated carbocycles. The molecule has 82 valence electrons. The van der Waals surface area contributed by atoms with Crippen LogP contribution in [0.5, 0.6) is 0 Å². The Kier molecular flexibility index (Phi) is 6.45. The Morgan fingerprint density at radius 3 is 2.14 bits per heavy atom. The van der Waals surface area contributed by atoms with E-state index in [1.807, 2.05) is 0 Å². The van der Waals surface area contributed by atoms with E-state index >= 15 is 0 Å². The van der Waals surface area contributed by atoms with Crippen LogP contribution in [0.1, 0.15) is 27.2 Å². The molecular weight excluding hydrogens is 223 g/mol. The van der Waals surface area contributed by atoms with Crippen molar-refractivity contribution in [3.63, 3.8) is 0 Å². The Hall–Kier alpha value is -0.0200. The molecule has 0 aliphatic rings. The minimum Gasteiger partial charge on any atom is -0.390 e. The smallest absolute Gasteiger partial charge is 0.107 e. The van der Waals surface area contributed by atoms with Gasteiger partial charge in [0.15, 0.2) is 0 Å². The molecule has 0 saturated heterocycles. The maximum Gasteiger partial charge on any atom is 0.107 e. The van der Waals surface area contributed by atoms with Crippen molar-refractivity contribution in [2.45, 2.75) is 39.4 Å². The number of rotatable bonds is 4. The van der Waals surface area contributed by atoms with Crippen molar-refractivity contribution in [3.05, 3.63) is 21.7 Å². The molecule has 2 N–H and O–H groups in total. The predicted octanol–water partition coefficient (Wildman–Crippen LogP) is 2.77. The van der Waals surface area contributed by atoms with E-state index in [0.29, 0.717) is 22.1 Å². The van der Waals surface area contributed by atoms with Crippen LogP contribution in [0.3, 0.4) is 0 Å². The van der Waals surface area contributed by atoms with Crippen molar-refractivity contribution in [3.8, 4) is 0 Å². The van der Waals surface area contributed by atoms with Crippen LogP contribution in [0, 0.1) is 0 Å². The van der Waals surface area contributed by atoms with Crippen molar-refractivity contribution in [1.82, 2.24) is 0 Å². The van der Waals surface area contributed by atoms with Gasteiger partial charge in [0.25, 0.3) is 0 Å². The number of hydrogen-bond acceptors (Lipinski definition) is 2. The van der Waals surface area contributed by atoms with Gasteiger partial charge in [-0.2, -0.15) is 0 Å². The van der Waals surface area contributed by atoms with Gasteiger partial charge >= 0.3 is 0 Å². The molecular formula is C10H16Cl2O2.